The number of carbonyl (C=O) groups excluding carboxylic acids is 2. The maximum absolute atomic E-state index is 12.0. The van der Waals surface area contributed by atoms with E-state index in [2.05, 4.69) is 24.5 Å². The molecule has 106 valence electrons. The van der Waals surface area contributed by atoms with Gasteiger partial charge in [0.15, 0.2) is 0 Å². The first-order valence-electron chi connectivity index (χ1n) is 6.77. The molecule has 1 fully saturated rings. The Labute approximate surface area is 118 Å². The summed E-state index contributed by atoms with van der Waals surface area (Å²) >= 11 is 0. The van der Waals surface area contributed by atoms with Crippen LogP contribution in [0.15, 0.2) is 18.2 Å². The van der Waals surface area contributed by atoms with E-state index in [0.29, 0.717) is 0 Å². The lowest BCUT2D eigenvalue weighted by atomic mass is 9.87. The molecule has 0 aromatic heterocycles. The van der Waals surface area contributed by atoms with Crippen molar-refractivity contribution in [3.63, 3.8) is 0 Å². The molecule has 0 spiro atoms. The zero-order valence-corrected chi connectivity index (χ0v) is 12.2. The van der Waals surface area contributed by atoms with Crippen molar-refractivity contribution in [2.45, 2.75) is 38.6 Å². The molecule has 0 aliphatic carbocycles. The Morgan fingerprint density at radius 2 is 1.85 bits per heavy atom. The molecule has 5 heteroatoms. The number of urea groups is 1. The highest BCUT2D eigenvalue weighted by molar-refractivity contribution is 6.16. The molecule has 20 heavy (non-hydrogen) atoms. The van der Waals surface area contributed by atoms with Crippen molar-refractivity contribution in [1.29, 1.82) is 0 Å². The van der Waals surface area contributed by atoms with Crippen LogP contribution in [0.4, 0.5) is 16.2 Å². The number of amides is 3. The van der Waals surface area contributed by atoms with Crippen LogP contribution < -0.4 is 15.5 Å². The monoisotopic (exact) mass is 273 g/mol. The fourth-order valence-electron chi connectivity index (χ4n) is 2.92. The van der Waals surface area contributed by atoms with Gasteiger partial charge >= 0.3 is 6.03 Å². The molecule has 5 nitrogen and oxygen atoms in total. The van der Waals surface area contributed by atoms with Gasteiger partial charge in [-0.15, -0.1) is 0 Å². The molecule has 2 N–H and O–H groups in total. The SMILES string of the molecule is CC1(C)CNc2cc(N3C(=O)NC(=O)C3(C)C)ccc21. The van der Waals surface area contributed by atoms with Gasteiger partial charge in [0.1, 0.15) is 5.54 Å². The number of hydrogen-bond donors (Lipinski definition) is 2. The van der Waals surface area contributed by atoms with E-state index in [1.54, 1.807) is 13.8 Å². The lowest BCUT2D eigenvalue weighted by Gasteiger charge is -2.28. The van der Waals surface area contributed by atoms with E-state index < -0.39 is 5.54 Å². The van der Waals surface area contributed by atoms with Gasteiger partial charge in [-0.05, 0) is 31.5 Å². The molecule has 1 aromatic rings. The highest BCUT2D eigenvalue weighted by Crippen LogP contribution is 2.40. The first-order chi connectivity index (χ1) is 9.23. The molecule has 0 radical (unpaired) electrons. The normalized spacial score (nSPS) is 22.5. The van der Waals surface area contributed by atoms with Gasteiger partial charge in [0.05, 0.1) is 0 Å². The van der Waals surface area contributed by atoms with Crippen molar-refractivity contribution in [3.05, 3.63) is 23.8 Å². The van der Waals surface area contributed by atoms with Crippen LogP contribution in [-0.4, -0.2) is 24.0 Å². The van der Waals surface area contributed by atoms with Crippen LogP contribution in [0.25, 0.3) is 0 Å². The predicted octanol–water partition coefficient (Wildman–Crippen LogP) is 2.22. The van der Waals surface area contributed by atoms with Crippen LogP contribution in [0.5, 0.6) is 0 Å². The van der Waals surface area contributed by atoms with Crippen molar-refractivity contribution in [1.82, 2.24) is 5.32 Å². The van der Waals surface area contributed by atoms with Crippen LogP contribution in [0.2, 0.25) is 0 Å². The first kappa shape index (κ1) is 13.0. The van der Waals surface area contributed by atoms with Gasteiger partial charge in [0.25, 0.3) is 5.91 Å². The Bertz CT molecular complexity index is 620. The summed E-state index contributed by atoms with van der Waals surface area (Å²) in [5.41, 5.74) is 2.24. The number of benzene rings is 1. The molecular formula is C15H19N3O2. The van der Waals surface area contributed by atoms with Crippen LogP contribution in [-0.2, 0) is 10.2 Å². The summed E-state index contributed by atoms with van der Waals surface area (Å²) in [5, 5.41) is 5.73. The van der Waals surface area contributed by atoms with E-state index in [1.165, 1.54) is 10.5 Å². The van der Waals surface area contributed by atoms with Gasteiger partial charge < -0.3 is 5.32 Å². The molecule has 0 saturated carbocycles. The van der Waals surface area contributed by atoms with Crippen molar-refractivity contribution >= 4 is 23.3 Å². The third-order valence-electron chi connectivity index (χ3n) is 4.25. The minimum atomic E-state index is -0.862. The third-order valence-corrected chi connectivity index (χ3v) is 4.25. The van der Waals surface area contributed by atoms with Gasteiger partial charge in [-0.25, -0.2) is 4.79 Å². The molecule has 3 amide bonds. The van der Waals surface area contributed by atoms with Crippen molar-refractivity contribution < 1.29 is 9.59 Å². The molecule has 3 rings (SSSR count). The van der Waals surface area contributed by atoms with Crippen LogP contribution in [0.1, 0.15) is 33.3 Å². The zero-order valence-electron chi connectivity index (χ0n) is 12.2. The fraction of sp³-hybridized carbons (Fsp3) is 0.467. The van der Waals surface area contributed by atoms with Gasteiger partial charge in [-0.1, -0.05) is 19.9 Å². The Kier molecular flexibility index (Phi) is 2.43. The lowest BCUT2D eigenvalue weighted by Crippen LogP contribution is -2.44. The molecule has 1 aromatic carbocycles. The van der Waals surface area contributed by atoms with E-state index in [9.17, 15) is 9.59 Å². The highest BCUT2D eigenvalue weighted by atomic mass is 16.2. The Balaban J connectivity index is 2.05. The average molecular weight is 273 g/mol. The fourth-order valence-corrected chi connectivity index (χ4v) is 2.92. The summed E-state index contributed by atoms with van der Waals surface area (Å²) in [6, 6.07) is 5.53. The predicted molar refractivity (Wildman–Crippen MR) is 78.1 cm³/mol. The summed E-state index contributed by atoms with van der Waals surface area (Å²) in [7, 11) is 0. The van der Waals surface area contributed by atoms with Crippen molar-refractivity contribution in [2.75, 3.05) is 16.8 Å². The van der Waals surface area contributed by atoms with E-state index in [-0.39, 0.29) is 17.4 Å². The van der Waals surface area contributed by atoms with Crippen molar-refractivity contribution in [2.24, 2.45) is 0 Å². The molecule has 2 heterocycles. The van der Waals surface area contributed by atoms with E-state index in [0.717, 1.165) is 17.9 Å². The number of hydrogen-bond acceptors (Lipinski definition) is 3. The molecule has 0 atom stereocenters. The maximum atomic E-state index is 12.0. The topological polar surface area (TPSA) is 61.4 Å². The average Bonchev–Trinajstić information content (AvgIpc) is 2.74. The highest BCUT2D eigenvalue weighted by Gasteiger charge is 2.46. The molecule has 0 bridgehead atoms. The van der Waals surface area contributed by atoms with E-state index in [4.69, 9.17) is 0 Å². The largest absolute Gasteiger partial charge is 0.384 e. The second-order valence-corrected chi connectivity index (χ2v) is 6.62. The van der Waals surface area contributed by atoms with E-state index in [1.807, 2.05) is 18.2 Å². The van der Waals surface area contributed by atoms with Crippen LogP contribution >= 0.6 is 0 Å². The minimum Gasteiger partial charge on any atom is -0.384 e. The lowest BCUT2D eigenvalue weighted by molar-refractivity contribution is -0.122. The summed E-state index contributed by atoms with van der Waals surface area (Å²) < 4.78 is 0. The smallest absolute Gasteiger partial charge is 0.329 e. The van der Waals surface area contributed by atoms with E-state index >= 15 is 0 Å². The number of nitrogens with zero attached hydrogens (tertiary/aromatic N) is 1. The van der Waals surface area contributed by atoms with Crippen LogP contribution in [0, 0.1) is 0 Å². The second-order valence-electron chi connectivity index (χ2n) is 6.62. The maximum Gasteiger partial charge on any atom is 0.329 e. The Morgan fingerprint density at radius 1 is 1.15 bits per heavy atom. The Morgan fingerprint density at radius 3 is 2.45 bits per heavy atom. The number of imide groups is 1. The minimum absolute atomic E-state index is 0.0898. The summed E-state index contributed by atoms with van der Waals surface area (Å²) in [6.07, 6.45) is 0. The van der Waals surface area contributed by atoms with Crippen LogP contribution in [0.3, 0.4) is 0 Å². The number of carbonyl (C=O) groups is 2. The number of anilines is 2. The Hall–Kier alpha value is -2.04. The van der Waals surface area contributed by atoms with Crippen molar-refractivity contribution in [3.8, 4) is 0 Å². The molecular weight excluding hydrogens is 254 g/mol. The standard InChI is InChI=1S/C15H19N3O2/c1-14(2)8-16-11-7-9(5-6-10(11)14)18-13(20)17-12(19)15(18,3)4/h5-7,16H,8H2,1-4H3,(H,17,19,20). The summed E-state index contributed by atoms with van der Waals surface area (Å²) in [5.74, 6) is -0.267. The number of fused-ring (bicyclic) bond motifs is 1. The molecule has 2 aliphatic rings. The van der Waals surface area contributed by atoms with Gasteiger partial charge in [0.2, 0.25) is 0 Å². The molecule has 1 saturated heterocycles. The van der Waals surface area contributed by atoms with Gasteiger partial charge in [0, 0.05) is 23.3 Å². The zero-order chi connectivity index (χ0) is 14.7. The third kappa shape index (κ3) is 1.62. The molecule has 0 unspecified atom stereocenters. The second kappa shape index (κ2) is 3.75. The first-order valence-corrected chi connectivity index (χ1v) is 6.77. The van der Waals surface area contributed by atoms with Gasteiger partial charge in [-0.3, -0.25) is 15.0 Å². The quantitative estimate of drug-likeness (QED) is 0.771. The molecule has 2 aliphatic heterocycles. The number of nitrogens with one attached hydrogen (secondary N) is 2. The van der Waals surface area contributed by atoms with Gasteiger partial charge in [-0.2, -0.15) is 0 Å². The number of rotatable bonds is 1. The summed E-state index contributed by atoms with van der Waals surface area (Å²) in [6.45, 7) is 8.74. The summed E-state index contributed by atoms with van der Waals surface area (Å²) in [4.78, 5) is 25.4.